The van der Waals surface area contributed by atoms with Crippen LogP contribution in [0, 0.1) is 0 Å². The number of aliphatic hydroxyl groups is 1. The van der Waals surface area contributed by atoms with Crippen LogP contribution in [0.2, 0.25) is 0 Å². The van der Waals surface area contributed by atoms with Gasteiger partial charge in [-0.3, -0.25) is 0 Å². The van der Waals surface area contributed by atoms with E-state index in [9.17, 15) is 5.11 Å². The van der Waals surface area contributed by atoms with Crippen LogP contribution in [0.1, 0.15) is 23.3 Å². The van der Waals surface area contributed by atoms with E-state index in [1.807, 2.05) is 48.5 Å². The van der Waals surface area contributed by atoms with Gasteiger partial charge in [-0.05, 0) is 17.4 Å². The van der Waals surface area contributed by atoms with Gasteiger partial charge in [0.1, 0.15) is 0 Å². The molecule has 2 aromatic carbocycles. The van der Waals surface area contributed by atoms with E-state index in [1.54, 1.807) is 11.8 Å². The summed E-state index contributed by atoms with van der Waals surface area (Å²) in [6, 6.07) is 19.9. The molecule has 2 atom stereocenters. The summed E-state index contributed by atoms with van der Waals surface area (Å²) in [6.45, 7) is 0.880. The van der Waals surface area contributed by atoms with Crippen LogP contribution in [0.4, 0.5) is 0 Å². The average Bonchev–Trinajstić information content (AvgIpc) is 2.53. The standard InChI is InChI=1S/C17H21NOS/c1-20-13-12-18-16(14-8-4-2-5-9-14)17(19)15-10-6-3-7-11-15/h2-11,16-19H,12-13H2,1H3. The van der Waals surface area contributed by atoms with Crippen molar-refractivity contribution in [3.05, 3.63) is 71.8 Å². The van der Waals surface area contributed by atoms with Gasteiger partial charge in [0.15, 0.2) is 0 Å². The van der Waals surface area contributed by atoms with Crippen LogP contribution in [0.25, 0.3) is 0 Å². The molecule has 2 aromatic rings. The summed E-state index contributed by atoms with van der Waals surface area (Å²) in [5.41, 5.74) is 2.06. The van der Waals surface area contributed by atoms with E-state index in [0.29, 0.717) is 0 Å². The Morgan fingerprint density at radius 1 is 0.950 bits per heavy atom. The van der Waals surface area contributed by atoms with Gasteiger partial charge in [-0.2, -0.15) is 11.8 Å². The van der Waals surface area contributed by atoms with E-state index in [2.05, 4.69) is 23.7 Å². The van der Waals surface area contributed by atoms with Gasteiger partial charge in [0.25, 0.3) is 0 Å². The molecule has 0 aliphatic heterocycles. The van der Waals surface area contributed by atoms with E-state index in [1.165, 1.54) is 0 Å². The molecule has 2 rings (SSSR count). The molecule has 0 amide bonds. The summed E-state index contributed by atoms with van der Waals surface area (Å²) >= 11 is 1.80. The quantitative estimate of drug-likeness (QED) is 0.765. The molecule has 0 aromatic heterocycles. The van der Waals surface area contributed by atoms with Crippen LogP contribution in [0.15, 0.2) is 60.7 Å². The zero-order valence-corrected chi connectivity index (χ0v) is 12.5. The Morgan fingerprint density at radius 3 is 2.05 bits per heavy atom. The monoisotopic (exact) mass is 287 g/mol. The lowest BCUT2D eigenvalue weighted by atomic mass is 9.96. The van der Waals surface area contributed by atoms with Gasteiger partial charge < -0.3 is 10.4 Å². The van der Waals surface area contributed by atoms with Gasteiger partial charge in [0.2, 0.25) is 0 Å². The fraction of sp³-hybridized carbons (Fsp3) is 0.294. The number of hydrogen-bond donors (Lipinski definition) is 2. The van der Waals surface area contributed by atoms with E-state index < -0.39 is 6.10 Å². The van der Waals surface area contributed by atoms with E-state index in [0.717, 1.165) is 23.4 Å². The minimum atomic E-state index is -0.541. The van der Waals surface area contributed by atoms with Crippen LogP contribution in [-0.2, 0) is 0 Å². The SMILES string of the molecule is CSCCNC(c1ccccc1)C(O)c1ccccc1. The molecule has 0 spiro atoms. The fourth-order valence-electron chi connectivity index (χ4n) is 2.23. The summed E-state index contributed by atoms with van der Waals surface area (Å²) in [6.07, 6.45) is 1.55. The smallest absolute Gasteiger partial charge is 0.0984 e. The lowest BCUT2D eigenvalue weighted by molar-refractivity contribution is 0.130. The Kier molecular flexibility index (Phi) is 6.12. The second kappa shape index (κ2) is 8.10. The maximum atomic E-state index is 10.7. The lowest BCUT2D eigenvalue weighted by Gasteiger charge is -2.25. The van der Waals surface area contributed by atoms with E-state index in [-0.39, 0.29) is 6.04 Å². The molecule has 2 unspecified atom stereocenters. The van der Waals surface area contributed by atoms with E-state index in [4.69, 9.17) is 0 Å². The minimum Gasteiger partial charge on any atom is -0.386 e. The van der Waals surface area contributed by atoms with Gasteiger partial charge in [-0.1, -0.05) is 60.7 Å². The summed E-state index contributed by atoms with van der Waals surface area (Å²) in [4.78, 5) is 0. The maximum absolute atomic E-state index is 10.7. The zero-order chi connectivity index (χ0) is 14.2. The highest BCUT2D eigenvalue weighted by Gasteiger charge is 2.21. The van der Waals surface area contributed by atoms with E-state index >= 15 is 0 Å². The molecule has 0 saturated heterocycles. The predicted molar refractivity (Wildman–Crippen MR) is 87.0 cm³/mol. The lowest BCUT2D eigenvalue weighted by Crippen LogP contribution is -2.29. The molecule has 0 fully saturated rings. The average molecular weight is 287 g/mol. The Morgan fingerprint density at radius 2 is 1.50 bits per heavy atom. The van der Waals surface area contributed by atoms with Gasteiger partial charge in [-0.15, -0.1) is 0 Å². The first-order chi connectivity index (χ1) is 9.83. The summed E-state index contributed by atoms with van der Waals surface area (Å²) in [5, 5.41) is 14.1. The molecule has 3 heteroatoms. The van der Waals surface area contributed by atoms with Crippen molar-refractivity contribution in [2.24, 2.45) is 0 Å². The number of benzene rings is 2. The third-order valence-electron chi connectivity index (χ3n) is 3.29. The van der Waals surface area contributed by atoms with Gasteiger partial charge >= 0.3 is 0 Å². The third-order valence-corrected chi connectivity index (χ3v) is 3.90. The molecule has 2 N–H and O–H groups in total. The van der Waals surface area contributed by atoms with Crippen molar-refractivity contribution in [2.75, 3.05) is 18.6 Å². The highest BCUT2D eigenvalue weighted by atomic mass is 32.2. The Labute approximate surface area is 125 Å². The highest BCUT2D eigenvalue weighted by Crippen LogP contribution is 2.28. The molecule has 0 radical (unpaired) electrons. The number of aliphatic hydroxyl groups excluding tert-OH is 1. The highest BCUT2D eigenvalue weighted by molar-refractivity contribution is 7.98. The van der Waals surface area contributed by atoms with Crippen LogP contribution in [0.3, 0.4) is 0 Å². The minimum absolute atomic E-state index is 0.0780. The Hall–Kier alpha value is -1.29. The number of thioether (sulfide) groups is 1. The Balaban J connectivity index is 2.17. The van der Waals surface area contributed by atoms with Crippen molar-refractivity contribution in [1.82, 2.24) is 5.32 Å². The second-order valence-electron chi connectivity index (χ2n) is 4.69. The molecule has 0 bridgehead atoms. The number of nitrogens with one attached hydrogen (secondary N) is 1. The summed E-state index contributed by atoms with van der Waals surface area (Å²) in [7, 11) is 0. The van der Waals surface area contributed by atoms with Crippen molar-refractivity contribution < 1.29 is 5.11 Å². The molecule has 106 valence electrons. The first-order valence-corrected chi connectivity index (χ1v) is 8.22. The van der Waals surface area contributed by atoms with Crippen molar-refractivity contribution in [2.45, 2.75) is 12.1 Å². The molecule has 0 saturated carbocycles. The molecule has 20 heavy (non-hydrogen) atoms. The molecule has 0 aliphatic rings. The molecular weight excluding hydrogens is 266 g/mol. The molecular formula is C17H21NOS. The van der Waals surface area contributed by atoms with Crippen molar-refractivity contribution in [3.8, 4) is 0 Å². The van der Waals surface area contributed by atoms with Gasteiger partial charge in [-0.25, -0.2) is 0 Å². The third kappa shape index (κ3) is 4.10. The maximum Gasteiger partial charge on any atom is 0.0984 e. The zero-order valence-electron chi connectivity index (χ0n) is 11.7. The predicted octanol–water partition coefficient (Wildman–Crippen LogP) is 3.41. The first-order valence-electron chi connectivity index (χ1n) is 6.83. The van der Waals surface area contributed by atoms with Crippen molar-refractivity contribution in [3.63, 3.8) is 0 Å². The van der Waals surface area contributed by atoms with Gasteiger partial charge in [0.05, 0.1) is 12.1 Å². The molecule has 2 nitrogen and oxygen atoms in total. The molecule has 0 heterocycles. The summed E-state index contributed by atoms with van der Waals surface area (Å²) < 4.78 is 0. The number of hydrogen-bond acceptors (Lipinski definition) is 3. The van der Waals surface area contributed by atoms with Crippen molar-refractivity contribution >= 4 is 11.8 Å². The summed E-state index contributed by atoms with van der Waals surface area (Å²) in [5.74, 6) is 1.03. The topological polar surface area (TPSA) is 32.3 Å². The van der Waals surface area contributed by atoms with Crippen LogP contribution < -0.4 is 5.32 Å². The second-order valence-corrected chi connectivity index (χ2v) is 5.68. The molecule has 0 aliphatic carbocycles. The largest absolute Gasteiger partial charge is 0.386 e. The Bertz CT molecular complexity index is 489. The van der Waals surface area contributed by atoms with Crippen LogP contribution in [0.5, 0.6) is 0 Å². The fourth-order valence-corrected chi connectivity index (χ4v) is 2.55. The first kappa shape index (κ1) is 15.1. The van der Waals surface area contributed by atoms with Crippen LogP contribution >= 0.6 is 11.8 Å². The van der Waals surface area contributed by atoms with Crippen molar-refractivity contribution in [1.29, 1.82) is 0 Å². The van der Waals surface area contributed by atoms with Crippen LogP contribution in [-0.4, -0.2) is 23.7 Å². The number of rotatable bonds is 7. The van der Waals surface area contributed by atoms with Gasteiger partial charge in [0, 0.05) is 12.3 Å². The normalized spacial score (nSPS) is 13.9.